The normalized spacial score (nSPS) is 10.7. The number of carbonyl (C=O) groups is 1. The summed E-state index contributed by atoms with van der Waals surface area (Å²) in [6.07, 6.45) is 0.184. The van der Waals surface area contributed by atoms with Gasteiger partial charge in [0.05, 0.1) is 5.69 Å². The third-order valence-electron chi connectivity index (χ3n) is 2.89. The van der Waals surface area contributed by atoms with E-state index in [-0.39, 0.29) is 12.2 Å². The van der Waals surface area contributed by atoms with Crippen molar-refractivity contribution < 1.29 is 4.79 Å². The first-order chi connectivity index (χ1) is 9.02. The summed E-state index contributed by atoms with van der Waals surface area (Å²) in [5, 5.41) is 5.29. The fourth-order valence-electron chi connectivity index (χ4n) is 1.96. The molecular formula is C14H14Cl2N2O. The van der Waals surface area contributed by atoms with Gasteiger partial charge in [0, 0.05) is 23.0 Å². The summed E-state index contributed by atoms with van der Waals surface area (Å²) in [4.78, 5) is 12.3. The summed E-state index contributed by atoms with van der Waals surface area (Å²) >= 11 is 12.2. The van der Waals surface area contributed by atoms with Crippen LogP contribution < -0.4 is 0 Å². The molecule has 2 rings (SSSR count). The van der Waals surface area contributed by atoms with Crippen LogP contribution in [0.25, 0.3) is 0 Å². The molecule has 0 amide bonds. The van der Waals surface area contributed by atoms with E-state index in [4.69, 9.17) is 23.2 Å². The lowest BCUT2D eigenvalue weighted by Crippen LogP contribution is -2.12. The molecule has 5 heteroatoms. The standard InChI is InChI=1S/C14H14Cl2N2O/c1-3-18-13(7-9(2)17-18)14(19)8-10-11(15)5-4-6-12(10)16/h4-7H,3,8H2,1-2H3. The minimum atomic E-state index is -0.0301. The number of nitrogens with zero attached hydrogens (tertiary/aromatic N) is 2. The lowest BCUT2D eigenvalue weighted by Gasteiger charge is -2.07. The summed E-state index contributed by atoms with van der Waals surface area (Å²) in [5.41, 5.74) is 2.09. The van der Waals surface area contributed by atoms with E-state index in [9.17, 15) is 4.79 Å². The van der Waals surface area contributed by atoms with E-state index in [1.54, 1.807) is 28.9 Å². The van der Waals surface area contributed by atoms with Crippen LogP contribution in [0.2, 0.25) is 10.0 Å². The van der Waals surface area contributed by atoms with Gasteiger partial charge < -0.3 is 0 Å². The molecule has 0 bridgehead atoms. The molecule has 1 aromatic heterocycles. The molecule has 100 valence electrons. The van der Waals surface area contributed by atoms with Crippen molar-refractivity contribution in [1.82, 2.24) is 9.78 Å². The Labute approximate surface area is 122 Å². The van der Waals surface area contributed by atoms with Crippen molar-refractivity contribution in [3.63, 3.8) is 0 Å². The van der Waals surface area contributed by atoms with Crippen LogP contribution in [0.5, 0.6) is 0 Å². The van der Waals surface area contributed by atoms with Gasteiger partial charge >= 0.3 is 0 Å². The molecular weight excluding hydrogens is 283 g/mol. The zero-order valence-electron chi connectivity index (χ0n) is 10.8. The average Bonchev–Trinajstić information content (AvgIpc) is 2.75. The summed E-state index contributed by atoms with van der Waals surface area (Å²) in [6, 6.07) is 7.02. The highest BCUT2D eigenvalue weighted by Crippen LogP contribution is 2.25. The van der Waals surface area contributed by atoms with Gasteiger partial charge in [0.1, 0.15) is 5.69 Å². The van der Waals surface area contributed by atoms with Gasteiger partial charge in [0.15, 0.2) is 5.78 Å². The number of hydrogen-bond donors (Lipinski definition) is 0. The average molecular weight is 297 g/mol. The van der Waals surface area contributed by atoms with Gasteiger partial charge in [-0.2, -0.15) is 5.10 Å². The maximum absolute atomic E-state index is 12.3. The predicted molar refractivity (Wildman–Crippen MR) is 77.1 cm³/mol. The van der Waals surface area contributed by atoms with E-state index < -0.39 is 0 Å². The molecule has 0 unspecified atom stereocenters. The van der Waals surface area contributed by atoms with Crippen LogP contribution in [-0.2, 0) is 13.0 Å². The Balaban J connectivity index is 2.31. The number of ketones is 1. The Morgan fingerprint density at radius 1 is 1.32 bits per heavy atom. The van der Waals surface area contributed by atoms with Gasteiger partial charge in [-0.1, -0.05) is 29.3 Å². The van der Waals surface area contributed by atoms with Gasteiger partial charge in [0.2, 0.25) is 0 Å². The van der Waals surface area contributed by atoms with Crippen molar-refractivity contribution in [2.24, 2.45) is 0 Å². The van der Waals surface area contributed by atoms with Gasteiger partial charge in [-0.25, -0.2) is 0 Å². The number of benzene rings is 1. The van der Waals surface area contributed by atoms with Crippen molar-refractivity contribution in [2.75, 3.05) is 0 Å². The van der Waals surface area contributed by atoms with Gasteiger partial charge in [-0.3, -0.25) is 9.48 Å². The van der Waals surface area contributed by atoms with Crippen LogP contribution in [0.1, 0.15) is 28.7 Å². The topological polar surface area (TPSA) is 34.9 Å². The molecule has 1 aromatic carbocycles. The first-order valence-electron chi connectivity index (χ1n) is 6.03. The molecule has 0 saturated carbocycles. The van der Waals surface area contributed by atoms with Gasteiger partial charge in [0.25, 0.3) is 0 Å². The highest BCUT2D eigenvalue weighted by atomic mass is 35.5. The number of rotatable bonds is 4. The summed E-state index contributed by atoms with van der Waals surface area (Å²) in [5.74, 6) is -0.0301. The Morgan fingerprint density at radius 3 is 2.53 bits per heavy atom. The summed E-state index contributed by atoms with van der Waals surface area (Å²) in [6.45, 7) is 4.47. The molecule has 3 nitrogen and oxygen atoms in total. The van der Waals surface area contributed by atoms with Crippen LogP contribution in [0.15, 0.2) is 24.3 Å². The largest absolute Gasteiger partial charge is 0.292 e. The van der Waals surface area contributed by atoms with Crippen molar-refractivity contribution in [2.45, 2.75) is 26.8 Å². The second-order valence-electron chi connectivity index (χ2n) is 4.29. The van der Waals surface area contributed by atoms with Crippen molar-refractivity contribution in [1.29, 1.82) is 0 Å². The van der Waals surface area contributed by atoms with E-state index in [0.717, 1.165) is 5.69 Å². The Morgan fingerprint density at radius 2 is 1.95 bits per heavy atom. The van der Waals surface area contributed by atoms with Crippen LogP contribution in [0.4, 0.5) is 0 Å². The lowest BCUT2D eigenvalue weighted by atomic mass is 10.1. The molecule has 0 radical (unpaired) electrons. The fraction of sp³-hybridized carbons (Fsp3) is 0.286. The smallest absolute Gasteiger partial charge is 0.185 e. The molecule has 0 fully saturated rings. The molecule has 2 aromatic rings. The SMILES string of the molecule is CCn1nc(C)cc1C(=O)Cc1c(Cl)cccc1Cl. The lowest BCUT2D eigenvalue weighted by molar-refractivity contribution is 0.0983. The number of aryl methyl sites for hydroxylation is 2. The third kappa shape index (κ3) is 2.99. The molecule has 0 spiro atoms. The maximum Gasteiger partial charge on any atom is 0.185 e. The van der Waals surface area contributed by atoms with Crippen LogP contribution in [0, 0.1) is 6.92 Å². The highest BCUT2D eigenvalue weighted by molar-refractivity contribution is 6.36. The van der Waals surface area contributed by atoms with E-state index in [2.05, 4.69) is 5.10 Å². The van der Waals surface area contributed by atoms with Crippen molar-refractivity contribution in [3.8, 4) is 0 Å². The minimum Gasteiger partial charge on any atom is -0.292 e. The molecule has 1 heterocycles. The zero-order valence-corrected chi connectivity index (χ0v) is 12.3. The summed E-state index contributed by atoms with van der Waals surface area (Å²) in [7, 11) is 0. The van der Waals surface area contributed by atoms with Crippen LogP contribution in [0.3, 0.4) is 0 Å². The second-order valence-corrected chi connectivity index (χ2v) is 5.10. The molecule has 0 aliphatic rings. The Kier molecular flexibility index (Phi) is 4.27. The van der Waals surface area contributed by atoms with Crippen LogP contribution in [-0.4, -0.2) is 15.6 Å². The quantitative estimate of drug-likeness (QED) is 0.801. The number of halogens is 2. The monoisotopic (exact) mass is 296 g/mol. The number of hydrogen-bond acceptors (Lipinski definition) is 2. The Bertz CT molecular complexity index is 600. The number of aromatic nitrogens is 2. The summed E-state index contributed by atoms with van der Waals surface area (Å²) < 4.78 is 1.70. The maximum atomic E-state index is 12.3. The molecule has 19 heavy (non-hydrogen) atoms. The van der Waals surface area contributed by atoms with E-state index >= 15 is 0 Å². The van der Waals surface area contributed by atoms with E-state index in [0.29, 0.717) is 27.8 Å². The number of Topliss-reactive ketones (excluding diaryl/α,β-unsaturated/α-hetero) is 1. The van der Waals surface area contributed by atoms with E-state index in [1.807, 2.05) is 13.8 Å². The van der Waals surface area contributed by atoms with Gasteiger partial charge in [-0.15, -0.1) is 0 Å². The van der Waals surface area contributed by atoms with Crippen LogP contribution >= 0.6 is 23.2 Å². The Hall–Kier alpha value is -1.32. The second kappa shape index (κ2) is 5.76. The predicted octanol–water partition coefficient (Wildman–Crippen LogP) is 3.94. The molecule has 0 N–H and O–H groups in total. The fourth-order valence-corrected chi connectivity index (χ4v) is 2.49. The van der Waals surface area contributed by atoms with Crippen molar-refractivity contribution in [3.05, 3.63) is 51.3 Å². The zero-order chi connectivity index (χ0) is 14.0. The molecule has 0 saturated heterocycles. The molecule has 0 aliphatic carbocycles. The molecule has 0 aliphatic heterocycles. The third-order valence-corrected chi connectivity index (χ3v) is 3.59. The van der Waals surface area contributed by atoms with E-state index in [1.165, 1.54) is 0 Å². The van der Waals surface area contributed by atoms with Crippen molar-refractivity contribution >= 4 is 29.0 Å². The number of carbonyl (C=O) groups excluding carboxylic acids is 1. The first kappa shape index (κ1) is 14.1. The van der Waals surface area contributed by atoms with Gasteiger partial charge in [-0.05, 0) is 37.6 Å². The highest BCUT2D eigenvalue weighted by Gasteiger charge is 2.16. The first-order valence-corrected chi connectivity index (χ1v) is 6.79. The molecule has 0 atom stereocenters. The minimum absolute atomic E-state index is 0.0301.